The van der Waals surface area contributed by atoms with Gasteiger partial charge in [-0.15, -0.1) is 0 Å². The van der Waals surface area contributed by atoms with Gasteiger partial charge < -0.3 is 40.0 Å². The van der Waals surface area contributed by atoms with Crippen molar-refractivity contribution in [2.45, 2.75) is 123 Å². The van der Waals surface area contributed by atoms with Crippen LogP contribution in [0.3, 0.4) is 0 Å². The maximum atomic E-state index is 14.5. The molecule has 1 aromatic rings. The van der Waals surface area contributed by atoms with E-state index in [2.05, 4.69) is 16.0 Å². The van der Waals surface area contributed by atoms with Crippen molar-refractivity contribution in [3.05, 3.63) is 35.6 Å². The monoisotopic (exact) mass is 750 g/mol. The van der Waals surface area contributed by atoms with Crippen molar-refractivity contribution in [1.29, 1.82) is 0 Å². The zero-order valence-electron chi connectivity index (χ0n) is 34.5. The Morgan fingerprint density at radius 3 is 2.15 bits per heavy atom. The number of rotatable bonds is 21. The summed E-state index contributed by atoms with van der Waals surface area (Å²) in [6.07, 6.45) is -0.0531. The Labute approximate surface area is 317 Å². The Morgan fingerprint density at radius 2 is 1.64 bits per heavy atom. The SMILES string of the molecule is CCC(C)[C@@H]([C@@H](CC(=O)N1C[C@@H](OC)C[C@@]1(C)[C@H](OC)[C@@H](C)C(=O)NCCc1cccc(F)c1)OC)N(C)C(=O)[C@@H](NC(=O)[C@@H](NC)C(C)C)C(C)C. The number of likely N-dealkylation sites (N-methyl/N-ethyl adjacent to an activating group) is 2. The number of nitrogens with one attached hydrogen (secondary N) is 3. The first kappa shape index (κ1) is 46.0. The van der Waals surface area contributed by atoms with E-state index in [1.807, 2.05) is 54.5 Å². The van der Waals surface area contributed by atoms with E-state index in [0.29, 0.717) is 25.9 Å². The van der Waals surface area contributed by atoms with Crippen LogP contribution in [-0.4, -0.2) is 124 Å². The van der Waals surface area contributed by atoms with E-state index in [1.165, 1.54) is 19.2 Å². The molecular formula is C40H68FN5O7. The van der Waals surface area contributed by atoms with Crippen molar-refractivity contribution >= 4 is 23.6 Å². The van der Waals surface area contributed by atoms with E-state index in [0.717, 1.165) is 12.0 Å². The van der Waals surface area contributed by atoms with Crippen LogP contribution in [0.4, 0.5) is 4.39 Å². The number of benzene rings is 1. The molecule has 1 saturated heterocycles. The van der Waals surface area contributed by atoms with Crippen LogP contribution in [-0.2, 0) is 39.8 Å². The number of ether oxygens (including phenoxy) is 3. The van der Waals surface area contributed by atoms with Gasteiger partial charge in [-0.25, -0.2) is 4.39 Å². The Balaban J connectivity index is 2.34. The number of amides is 4. The molecule has 1 aromatic carbocycles. The van der Waals surface area contributed by atoms with Gasteiger partial charge in [0.05, 0.1) is 48.3 Å². The first-order valence-corrected chi connectivity index (χ1v) is 19.1. The molecule has 1 aliphatic heterocycles. The van der Waals surface area contributed by atoms with Crippen molar-refractivity contribution in [2.75, 3.05) is 48.5 Å². The number of halogens is 1. The lowest BCUT2D eigenvalue weighted by Gasteiger charge is -2.44. The second kappa shape index (κ2) is 21.1. The summed E-state index contributed by atoms with van der Waals surface area (Å²) in [5, 5.41) is 8.98. The summed E-state index contributed by atoms with van der Waals surface area (Å²) < 4.78 is 31.5. The second-order valence-corrected chi connectivity index (χ2v) is 15.6. The molecule has 3 N–H and O–H groups in total. The Hall–Kier alpha value is -3.13. The summed E-state index contributed by atoms with van der Waals surface area (Å²) >= 11 is 0. The van der Waals surface area contributed by atoms with E-state index in [9.17, 15) is 23.6 Å². The number of hydrogen-bond acceptors (Lipinski definition) is 8. The smallest absolute Gasteiger partial charge is 0.245 e. The van der Waals surface area contributed by atoms with Crippen molar-refractivity contribution in [3.8, 4) is 0 Å². The highest BCUT2D eigenvalue weighted by Gasteiger charge is 2.53. The van der Waals surface area contributed by atoms with E-state index < -0.39 is 41.8 Å². The van der Waals surface area contributed by atoms with E-state index in [1.54, 1.807) is 51.1 Å². The van der Waals surface area contributed by atoms with Gasteiger partial charge in [-0.2, -0.15) is 0 Å². The van der Waals surface area contributed by atoms with Gasteiger partial charge in [0, 0.05) is 47.9 Å². The fourth-order valence-corrected chi connectivity index (χ4v) is 7.93. The fourth-order valence-electron chi connectivity index (χ4n) is 7.93. The molecule has 0 saturated carbocycles. The minimum Gasteiger partial charge on any atom is -0.380 e. The highest BCUT2D eigenvalue weighted by Crippen LogP contribution is 2.39. The molecule has 1 aliphatic rings. The minimum absolute atomic E-state index is 0.0215. The van der Waals surface area contributed by atoms with E-state index >= 15 is 0 Å². The minimum atomic E-state index is -0.912. The predicted molar refractivity (Wildman–Crippen MR) is 204 cm³/mol. The largest absolute Gasteiger partial charge is 0.380 e. The first-order chi connectivity index (χ1) is 24.9. The molecule has 12 nitrogen and oxygen atoms in total. The maximum Gasteiger partial charge on any atom is 0.245 e. The van der Waals surface area contributed by atoms with Crippen LogP contribution in [0.25, 0.3) is 0 Å². The van der Waals surface area contributed by atoms with Gasteiger partial charge in [0.25, 0.3) is 0 Å². The molecule has 0 spiro atoms. The average Bonchev–Trinajstić information content (AvgIpc) is 3.46. The number of carbonyl (C=O) groups excluding carboxylic acids is 4. The third-order valence-electron chi connectivity index (χ3n) is 11.2. The Morgan fingerprint density at radius 1 is 1.00 bits per heavy atom. The highest BCUT2D eigenvalue weighted by molar-refractivity contribution is 5.90. The summed E-state index contributed by atoms with van der Waals surface area (Å²) in [6.45, 7) is 16.0. The summed E-state index contributed by atoms with van der Waals surface area (Å²) in [6, 6.07) is 4.55. The van der Waals surface area contributed by atoms with Gasteiger partial charge in [-0.05, 0) is 55.8 Å². The standard InChI is InChI=1S/C40H68FN5O7/c1-14-26(6)35(45(10)39(50)34(25(4)5)44-38(49)33(42-9)24(2)3)31(52-12)21-32(47)46-23-30(51-11)22-40(46,8)36(53-13)27(7)37(48)43-19-18-28-16-15-17-29(41)20-28/h15-17,20,24-27,30-31,33-36,42H,14,18-19,21-23H2,1-13H3,(H,43,48)(H,44,49)/t26?,27-,30+,31-,33+,34+,35+,36-,40+/m1/s1. The topological polar surface area (TPSA) is 139 Å². The van der Waals surface area contributed by atoms with Gasteiger partial charge in [0.15, 0.2) is 0 Å². The van der Waals surface area contributed by atoms with Gasteiger partial charge in [0.1, 0.15) is 11.9 Å². The quantitative estimate of drug-likeness (QED) is 0.173. The van der Waals surface area contributed by atoms with Crippen LogP contribution in [0.5, 0.6) is 0 Å². The Bertz CT molecular complexity index is 1350. The molecule has 13 heteroatoms. The first-order valence-electron chi connectivity index (χ1n) is 19.1. The molecule has 0 radical (unpaired) electrons. The molecule has 302 valence electrons. The van der Waals surface area contributed by atoms with E-state index in [4.69, 9.17) is 14.2 Å². The molecule has 0 aliphatic carbocycles. The van der Waals surface area contributed by atoms with Crippen LogP contribution >= 0.6 is 0 Å². The molecule has 53 heavy (non-hydrogen) atoms. The molecule has 1 heterocycles. The van der Waals surface area contributed by atoms with Crippen LogP contribution < -0.4 is 16.0 Å². The lowest BCUT2D eigenvalue weighted by atomic mass is 9.82. The third kappa shape index (κ3) is 11.7. The van der Waals surface area contributed by atoms with Crippen LogP contribution in [0.1, 0.15) is 80.2 Å². The fraction of sp³-hybridized carbons (Fsp3) is 0.750. The number of methoxy groups -OCH3 is 3. The average molecular weight is 750 g/mol. The van der Waals surface area contributed by atoms with Crippen molar-refractivity contribution in [2.24, 2.45) is 23.7 Å². The molecule has 4 amide bonds. The molecule has 0 bridgehead atoms. The molecule has 1 unspecified atom stereocenters. The lowest BCUT2D eigenvalue weighted by Crippen LogP contribution is -2.60. The molecule has 0 aromatic heterocycles. The summed E-state index contributed by atoms with van der Waals surface area (Å²) in [4.78, 5) is 58.7. The normalized spacial score (nSPS) is 21.4. The number of hydrogen-bond donors (Lipinski definition) is 3. The molecular weight excluding hydrogens is 681 g/mol. The third-order valence-corrected chi connectivity index (χ3v) is 11.2. The predicted octanol–water partition coefficient (Wildman–Crippen LogP) is 3.80. The number of carbonyl (C=O) groups is 4. The van der Waals surface area contributed by atoms with Gasteiger partial charge >= 0.3 is 0 Å². The highest BCUT2D eigenvalue weighted by atomic mass is 19.1. The molecule has 9 atom stereocenters. The lowest BCUT2D eigenvalue weighted by molar-refractivity contribution is -0.152. The van der Waals surface area contributed by atoms with Crippen LogP contribution in [0.2, 0.25) is 0 Å². The van der Waals surface area contributed by atoms with Gasteiger partial charge in [0.2, 0.25) is 23.6 Å². The number of likely N-dealkylation sites (tertiary alicyclic amines) is 1. The summed E-state index contributed by atoms with van der Waals surface area (Å²) in [5.41, 5.74) is -0.136. The van der Waals surface area contributed by atoms with Crippen molar-refractivity contribution in [3.63, 3.8) is 0 Å². The maximum absolute atomic E-state index is 14.5. The number of nitrogens with zero attached hydrogens (tertiary/aromatic N) is 2. The van der Waals surface area contributed by atoms with Gasteiger partial charge in [-0.1, -0.05) is 67.0 Å². The Kier molecular flexibility index (Phi) is 18.3. The summed E-state index contributed by atoms with van der Waals surface area (Å²) in [7, 11) is 8.12. The molecule has 2 rings (SSSR count). The zero-order valence-corrected chi connectivity index (χ0v) is 34.5. The zero-order chi connectivity index (χ0) is 40.2. The molecule has 1 fully saturated rings. The van der Waals surface area contributed by atoms with Crippen molar-refractivity contribution in [1.82, 2.24) is 25.8 Å². The van der Waals surface area contributed by atoms with Crippen LogP contribution in [0.15, 0.2) is 24.3 Å². The van der Waals surface area contributed by atoms with Crippen molar-refractivity contribution < 1.29 is 37.8 Å². The van der Waals surface area contributed by atoms with Crippen LogP contribution in [0, 0.1) is 29.5 Å². The van der Waals surface area contributed by atoms with E-state index in [-0.39, 0.29) is 59.7 Å². The summed E-state index contributed by atoms with van der Waals surface area (Å²) in [5.74, 6) is -2.14. The van der Waals surface area contributed by atoms with Gasteiger partial charge in [-0.3, -0.25) is 19.2 Å². The second-order valence-electron chi connectivity index (χ2n) is 15.6.